The van der Waals surface area contributed by atoms with Gasteiger partial charge in [-0.05, 0) is 31.2 Å². The number of hydrogen-bond donors (Lipinski definition) is 2. The average Bonchev–Trinajstić information content (AvgIpc) is 2.26. The average molecular weight is 219 g/mol. The van der Waals surface area contributed by atoms with E-state index in [1.807, 2.05) is 0 Å². The number of phenolic OH excluding ortho intramolecular Hbond substituents is 1. The van der Waals surface area contributed by atoms with E-state index in [0.717, 1.165) is 0 Å². The summed E-state index contributed by atoms with van der Waals surface area (Å²) >= 11 is 0. The van der Waals surface area contributed by atoms with Gasteiger partial charge in [-0.3, -0.25) is 0 Å². The zero-order valence-corrected chi connectivity index (χ0v) is 8.61. The molecule has 1 heterocycles. The number of nitrogens with zero attached hydrogens (tertiary/aromatic N) is 2. The van der Waals surface area contributed by atoms with Crippen LogP contribution in [0.3, 0.4) is 0 Å². The van der Waals surface area contributed by atoms with Gasteiger partial charge in [0.15, 0.2) is 17.5 Å². The largest absolute Gasteiger partial charge is 0.508 e. The molecular weight excluding hydrogens is 209 g/mol. The van der Waals surface area contributed by atoms with Crippen molar-refractivity contribution in [3.8, 4) is 17.1 Å². The number of nitrogen functional groups attached to an aromatic ring is 1. The van der Waals surface area contributed by atoms with E-state index >= 15 is 0 Å². The SMILES string of the molecule is Cc1nc(-c2ccc(O)cc2)nc(N)c1F. The Hall–Kier alpha value is -2.17. The molecule has 2 aromatic rings. The third kappa shape index (κ3) is 1.79. The van der Waals surface area contributed by atoms with Crippen LogP contribution in [-0.4, -0.2) is 15.1 Å². The van der Waals surface area contributed by atoms with Gasteiger partial charge in [0, 0.05) is 5.56 Å². The number of aromatic nitrogens is 2. The van der Waals surface area contributed by atoms with Gasteiger partial charge in [-0.1, -0.05) is 0 Å². The molecule has 0 spiro atoms. The molecule has 0 aliphatic heterocycles. The Kier molecular flexibility index (Phi) is 2.44. The molecule has 0 unspecified atom stereocenters. The third-order valence-electron chi connectivity index (χ3n) is 2.17. The summed E-state index contributed by atoms with van der Waals surface area (Å²) in [6.07, 6.45) is 0. The van der Waals surface area contributed by atoms with Crippen molar-refractivity contribution in [2.24, 2.45) is 0 Å². The topological polar surface area (TPSA) is 72.0 Å². The summed E-state index contributed by atoms with van der Waals surface area (Å²) in [5.74, 6) is -0.273. The standard InChI is InChI=1S/C11H10FN3O/c1-6-9(12)10(13)15-11(14-6)7-2-4-8(16)5-3-7/h2-5,16H,1H3,(H2,13,14,15). The Morgan fingerprint density at radius 1 is 1.19 bits per heavy atom. The van der Waals surface area contributed by atoms with Crippen molar-refractivity contribution in [2.45, 2.75) is 6.92 Å². The van der Waals surface area contributed by atoms with Crippen molar-refractivity contribution in [3.05, 3.63) is 35.8 Å². The maximum atomic E-state index is 13.2. The first-order chi connectivity index (χ1) is 7.58. The highest BCUT2D eigenvalue weighted by Crippen LogP contribution is 2.21. The van der Waals surface area contributed by atoms with Crippen LogP contribution in [0.25, 0.3) is 11.4 Å². The highest BCUT2D eigenvalue weighted by Gasteiger charge is 2.09. The lowest BCUT2D eigenvalue weighted by molar-refractivity contribution is 0.475. The van der Waals surface area contributed by atoms with Crippen molar-refractivity contribution in [1.29, 1.82) is 0 Å². The summed E-state index contributed by atoms with van der Waals surface area (Å²) in [5, 5.41) is 9.13. The first-order valence-electron chi connectivity index (χ1n) is 4.67. The first kappa shape index (κ1) is 10.4. The predicted octanol–water partition coefficient (Wildman–Crippen LogP) is 1.88. The van der Waals surface area contributed by atoms with Crippen LogP contribution >= 0.6 is 0 Å². The molecule has 0 amide bonds. The van der Waals surface area contributed by atoms with Gasteiger partial charge in [0.1, 0.15) is 5.75 Å². The maximum Gasteiger partial charge on any atom is 0.186 e. The lowest BCUT2D eigenvalue weighted by Crippen LogP contribution is -2.02. The fraction of sp³-hybridized carbons (Fsp3) is 0.0909. The number of halogens is 1. The number of anilines is 1. The van der Waals surface area contributed by atoms with Crippen molar-refractivity contribution in [2.75, 3.05) is 5.73 Å². The van der Waals surface area contributed by atoms with Crippen LogP contribution in [0.1, 0.15) is 5.69 Å². The number of rotatable bonds is 1. The number of aromatic hydroxyl groups is 1. The van der Waals surface area contributed by atoms with Crippen LogP contribution in [0.2, 0.25) is 0 Å². The Morgan fingerprint density at radius 2 is 1.81 bits per heavy atom. The fourth-order valence-electron chi connectivity index (χ4n) is 1.32. The normalized spacial score (nSPS) is 10.4. The van der Waals surface area contributed by atoms with Crippen molar-refractivity contribution in [1.82, 2.24) is 9.97 Å². The minimum atomic E-state index is -0.595. The minimum absolute atomic E-state index is 0.149. The van der Waals surface area contributed by atoms with Gasteiger partial charge in [-0.15, -0.1) is 0 Å². The Bertz CT molecular complexity index is 502. The molecule has 3 N–H and O–H groups in total. The van der Waals surface area contributed by atoms with E-state index < -0.39 is 5.82 Å². The highest BCUT2D eigenvalue weighted by molar-refractivity contribution is 5.58. The molecule has 1 aromatic heterocycles. The van der Waals surface area contributed by atoms with Gasteiger partial charge in [-0.25, -0.2) is 14.4 Å². The van der Waals surface area contributed by atoms with Crippen LogP contribution in [0, 0.1) is 12.7 Å². The quantitative estimate of drug-likeness (QED) is 0.768. The maximum absolute atomic E-state index is 13.2. The van der Waals surface area contributed by atoms with Crippen molar-refractivity contribution >= 4 is 5.82 Å². The van der Waals surface area contributed by atoms with Gasteiger partial charge in [-0.2, -0.15) is 0 Å². The summed E-state index contributed by atoms with van der Waals surface area (Å²) in [5.41, 5.74) is 6.29. The second kappa shape index (κ2) is 3.77. The van der Waals surface area contributed by atoms with E-state index in [4.69, 9.17) is 10.8 Å². The predicted molar refractivity (Wildman–Crippen MR) is 58.2 cm³/mol. The fourth-order valence-corrected chi connectivity index (χ4v) is 1.32. The number of hydrogen-bond acceptors (Lipinski definition) is 4. The lowest BCUT2D eigenvalue weighted by Gasteiger charge is -2.04. The van der Waals surface area contributed by atoms with Crippen molar-refractivity contribution < 1.29 is 9.50 Å². The minimum Gasteiger partial charge on any atom is -0.508 e. The summed E-state index contributed by atoms with van der Waals surface area (Å²) < 4.78 is 13.2. The second-order valence-electron chi connectivity index (χ2n) is 3.38. The summed E-state index contributed by atoms with van der Waals surface area (Å²) in [7, 11) is 0. The molecule has 0 saturated heterocycles. The van der Waals surface area contributed by atoms with E-state index in [1.54, 1.807) is 12.1 Å². The van der Waals surface area contributed by atoms with E-state index in [0.29, 0.717) is 11.4 Å². The molecule has 0 aliphatic carbocycles. The van der Waals surface area contributed by atoms with Crippen molar-refractivity contribution in [3.63, 3.8) is 0 Å². The molecule has 2 rings (SSSR count). The van der Waals surface area contributed by atoms with E-state index in [2.05, 4.69) is 9.97 Å². The molecule has 0 aliphatic rings. The zero-order valence-electron chi connectivity index (χ0n) is 8.61. The van der Waals surface area contributed by atoms with Gasteiger partial charge < -0.3 is 10.8 Å². The van der Waals surface area contributed by atoms with Gasteiger partial charge in [0.2, 0.25) is 0 Å². The molecule has 0 fully saturated rings. The molecule has 16 heavy (non-hydrogen) atoms. The number of phenols is 1. The van der Waals surface area contributed by atoms with Crippen LogP contribution in [0.15, 0.2) is 24.3 Å². The van der Waals surface area contributed by atoms with Gasteiger partial charge >= 0.3 is 0 Å². The van der Waals surface area contributed by atoms with Crippen LogP contribution in [0.4, 0.5) is 10.2 Å². The van der Waals surface area contributed by atoms with Crippen LogP contribution in [0.5, 0.6) is 5.75 Å². The van der Waals surface area contributed by atoms with Gasteiger partial charge in [0.05, 0.1) is 5.69 Å². The number of nitrogens with two attached hydrogens (primary N) is 1. The van der Waals surface area contributed by atoms with Crippen LogP contribution < -0.4 is 5.73 Å². The van der Waals surface area contributed by atoms with E-state index in [-0.39, 0.29) is 17.3 Å². The van der Waals surface area contributed by atoms with E-state index in [1.165, 1.54) is 19.1 Å². The molecular formula is C11H10FN3O. The molecule has 4 nitrogen and oxygen atoms in total. The third-order valence-corrected chi connectivity index (χ3v) is 2.17. The number of aryl methyl sites for hydroxylation is 1. The summed E-state index contributed by atoms with van der Waals surface area (Å²) in [6.45, 7) is 1.53. The smallest absolute Gasteiger partial charge is 0.186 e. The Morgan fingerprint density at radius 3 is 2.38 bits per heavy atom. The van der Waals surface area contributed by atoms with Crippen LogP contribution in [-0.2, 0) is 0 Å². The Balaban J connectivity index is 2.52. The molecule has 82 valence electrons. The van der Waals surface area contributed by atoms with Gasteiger partial charge in [0.25, 0.3) is 0 Å². The Labute approximate surface area is 91.6 Å². The summed E-state index contributed by atoms with van der Waals surface area (Å²) in [6, 6.07) is 6.30. The summed E-state index contributed by atoms with van der Waals surface area (Å²) in [4.78, 5) is 7.83. The molecule has 0 saturated carbocycles. The molecule has 5 heteroatoms. The molecule has 0 radical (unpaired) electrons. The number of benzene rings is 1. The molecule has 0 atom stereocenters. The lowest BCUT2D eigenvalue weighted by atomic mass is 10.2. The molecule has 1 aromatic carbocycles. The highest BCUT2D eigenvalue weighted by atomic mass is 19.1. The zero-order chi connectivity index (χ0) is 11.7. The second-order valence-corrected chi connectivity index (χ2v) is 3.38. The molecule has 0 bridgehead atoms. The first-order valence-corrected chi connectivity index (χ1v) is 4.67. The monoisotopic (exact) mass is 219 g/mol. The van der Waals surface area contributed by atoms with E-state index in [9.17, 15) is 4.39 Å².